The Morgan fingerprint density at radius 3 is 2.53 bits per heavy atom. The molecule has 0 spiro atoms. The van der Waals surface area contributed by atoms with E-state index in [2.05, 4.69) is 0 Å². The number of aliphatic hydroxyl groups is 1. The first-order chi connectivity index (χ1) is 9.01. The molecule has 0 amide bonds. The van der Waals surface area contributed by atoms with Crippen LogP contribution in [0.3, 0.4) is 0 Å². The minimum absolute atomic E-state index is 0.0617. The van der Waals surface area contributed by atoms with E-state index in [1.165, 1.54) is 16.1 Å². The summed E-state index contributed by atoms with van der Waals surface area (Å²) in [5.74, 6) is 0.756. The van der Waals surface area contributed by atoms with Crippen LogP contribution in [0, 0.1) is 5.92 Å². The van der Waals surface area contributed by atoms with Crippen molar-refractivity contribution in [3.05, 3.63) is 24.3 Å². The van der Waals surface area contributed by atoms with Crippen LogP contribution in [0.15, 0.2) is 29.2 Å². The molecule has 7 heteroatoms. The van der Waals surface area contributed by atoms with Gasteiger partial charge in [-0.1, -0.05) is 0 Å². The molecule has 0 radical (unpaired) electrons. The van der Waals surface area contributed by atoms with E-state index in [0.29, 0.717) is 24.5 Å². The second-order valence-electron chi connectivity index (χ2n) is 4.60. The number of nitrogens with two attached hydrogens (primary N) is 1. The lowest BCUT2D eigenvalue weighted by Gasteiger charge is -2.36. The van der Waals surface area contributed by atoms with E-state index in [-0.39, 0.29) is 18.3 Å². The molecule has 0 aliphatic carbocycles. The predicted molar refractivity (Wildman–Crippen MR) is 77.5 cm³/mol. The number of benzene rings is 1. The zero-order valence-electron chi connectivity index (χ0n) is 10.5. The Morgan fingerprint density at radius 2 is 1.95 bits per heavy atom. The molecule has 0 aromatic heterocycles. The second-order valence-corrected chi connectivity index (χ2v) is 7.86. The quantitative estimate of drug-likeness (QED) is 0.594. The number of sulfonamides is 1. The van der Waals surface area contributed by atoms with Crippen LogP contribution in [-0.4, -0.2) is 49.0 Å². The van der Waals surface area contributed by atoms with Crippen molar-refractivity contribution in [1.29, 1.82) is 0 Å². The van der Waals surface area contributed by atoms with Crippen LogP contribution in [-0.2, 0) is 10.0 Å². The van der Waals surface area contributed by atoms with Crippen LogP contribution in [0.4, 0.5) is 5.69 Å². The fourth-order valence-corrected chi connectivity index (χ4v) is 4.70. The third kappa shape index (κ3) is 3.85. The van der Waals surface area contributed by atoms with E-state index >= 15 is 0 Å². The highest BCUT2D eigenvalue weighted by Gasteiger charge is 2.34. The molecule has 0 atom stereocenters. The highest BCUT2D eigenvalue weighted by atomic mass is 32.2. The molecule has 1 saturated heterocycles. The first-order valence-corrected chi connectivity index (χ1v) is 8.68. The van der Waals surface area contributed by atoms with Gasteiger partial charge in [0.1, 0.15) is 0 Å². The highest BCUT2D eigenvalue weighted by molar-refractivity contribution is 8.00. The summed E-state index contributed by atoms with van der Waals surface area (Å²) < 4.78 is 25.3. The molecule has 1 aliphatic rings. The average molecular weight is 302 g/mol. The molecule has 2 rings (SSSR count). The van der Waals surface area contributed by atoms with Gasteiger partial charge in [-0.25, -0.2) is 12.7 Å². The monoisotopic (exact) mass is 302 g/mol. The van der Waals surface area contributed by atoms with Crippen LogP contribution in [0.2, 0.25) is 0 Å². The summed E-state index contributed by atoms with van der Waals surface area (Å²) in [6, 6.07) is 7.38. The predicted octanol–water partition coefficient (Wildman–Crippen LogP) is 0.615. The van der Waals surface area contributed by atoms with Gasteiger partial charge in [-0.2, -0.15) is 0 Å². The maximum atomic E-state index is 11.9. The van der Waals surface area contributed by atoms with Crippen LogP contribution >= 0.6 is 11.8 Å². The molecule has 3 N–H and O–H groups in total. The largest absolute Gasteiger partial charge is 0.399 e. The van der Waals surface area contributed by atoms with Crippen molar-refractivity contribution < 1.29 is 13.5 Å². The number of aliphatic hydroxyl groups excluding tert-OH is 1. The molecule has 1 aromatic rings. The van der Waals surface area contributed by atoms with Crippen LogP contribution in [0.1, 0.15) is 0 Å². The molecular formula is C12H18N2O3S2. The summed E-state index contributed by atoms with van der Waals surface area (Å²) in [6.07, 6.45) is 0. The van der Waals surface area contributed by atoms with E-state index in [9.17, 15) is 8.42 Å². The molecule has 1 aliphatic heterocycles. The number of hydrogen-bond donors (Lipinski definition) is 2. The molecule has 1 heterocycles. The van der Waals surface area contributed by atoms with E-state index in [1.54, 1.807) is 12.1 Å². The van der Waals surface area contributed by atoms with Crippen molar-refractivity contribution in [3.8, 4) is 0 Å². The van der Waals surface area contributed by atoms with Gasteiger partial charge in [0.2, 0.25) is 10.0 Å². The van der Waals surface area contributed by atoms with Gasteiger partial charge in [-0.15, -0.1) is 11.8 Å². The summed E-state index contributed by atoms with van der Waals surface area (Å²) in [7, 11) is -3.17. The SMILES string of the molecule is Nc1ccc(SCCS(=O)(=O)N2CC(CO)C2)cc1. The first-order valence-electron chi connectivity index (χ1n) is 6.08. The number of anilines is 1. The Labute approximate surface area is 117 Å². The van der Waals surface area contributed by atoms with E-state index in [1.807, 2.05) is 12.1 Å². The normalized spacial score (nSPS) is 17.3. The molecule has 0 saturated carbocycles. The summed E-state index contributed by atoms with van der Waals surface area (Å²) in [5, 5.41) is 8.88. The lowest BCUT2D eigenvalue weighted by atomic mass is 10.1. The average Bonchev–Trinajstić information content (AvgIpc) is 2.30. The zero-order valence-corrected chi connectivity index (χ0v) is 12.2. The molecule has 106 valence electrons. The van der Waals surface area contributed by atoms with Gasteiger partial charge in [0.15, 0.2) is 0 Å². The number of hydrogen-bond acceptors (Lipinski definition) is 5. The fraction of sp³-hybridized carbons (Fsp3) is 0.500. The molecule has 1 fully saturated rings. The van der Waals surface area contributed by atoms with Crippen molar-refractivity contribution in [1.82, 2.24) is 4.31 Å². The summed E-state index contributed by atoms with van der Waals surface area (Å²) in [6.45, 7) is 0.961. The van der Waals surface area contributed by atoms with Gasteiger partial charge in [-0.05, 0) is 24.3 Å². The fourth-order valence-electron chi connectivity index (χ4n) is 1.82. The molecule has 5 nitrogen and oxygen atoms in total. The number of nitrogens with zero attached hydrogens (tertiary/aromatic N) is 1. The third-order valence-electron chi connectivity index (χ3n) is 3.07. The minimum atomic E-state index is -3.17. The smallest absolute Gasteiger partial charge is 0.214 e. The molecule has 1 aromatic carbocycles. The second kappa shape index (κ2) is 6.13. The zero-order chi connectivity index (χ0) is 13.9. The first kappa shape index (κ1) is 14.6. The Hall–Kier alpha value is -0.760. The van der Waals surface area contributed by atoms with E-state index < -0.39 is 10.0 Å². The minimum Gasteiger partial charge on any atom is -0.399 e. The topological polar surface area (TPSA) is 83.6 Å². The van der Waals surface area contributed by atoms with Gasteiger partial charge in [-0.3, -0.25) is 0 Å². The third-order valence-corrected chi connectivity index (χ3v) is 6.14. The van der Waals surface area contributed by atoms with Crippen molar-refractivity contribution in [2.75, 3.05) is 36.9 Å². The summed E-state index contributed by atoms with van der Waals surface area (Å²) >= 11 is 1.50. The maximum Gasteiger partial charge on any atom is 0.214 e. The number of thioether (sulfide) groups is 1. The Bertz CT molecular complexity index is 510. The number of nitrogen functional groups attached to an aromatic ring is 1. The maximum absolute atomic E-state index is 11.9. The molecule has 0 bridgehead atoms. The summed E-state index contributed by atoms with van der Waals surface area (Å²) in [5.41, 5.74) is 6.29. The van der Waals surface area contributed by atoms with Crippen molar-refractivity contribution in [2.24, 2.45) is 5.92 Å². The standard InChI is InChI=1S/C12H18N2O3S2/c13-11-1-3-12(4-2-11)18-5-6-19(16,17)14-7-10(8-14)9-15/h1-4,10,15H,5-9,13H2. The van der Waals surface area contributed by atoms with Gasteiger partial charge >= 0.3 is 0 Å². The molecule has 0 unspecified atom stereocenters. The van der Waals surface area contributed by atoms with Gasteiger partial charge in [0.05, 0.1) is 5.75 Å². The molecule has 19 heavy (non-hydrogen) atoms. The molecular weight excluding hydrogens is 284 g/mol. The Balaban J connectivity index is 1.77. The lowest BCUT2D eigenvalue weighted by molar-refractivity contribution is 0.117. The van der Waals surface area contributed by atoms with Gasteiger partial charge < -0.3 is 10.8 Å². The number of rotatable bonds is 6. The van der Waals surface area contributed by atoms with Crippen LogP contribution in [0.25, 0.3) is 0 Å². The Kier molecular flexibility index (Phi) is 4.72. The van der Waals surface area contributed by atoms with Crippen molar-refractivity contribution in [2.45, 2.75) is 4.90 Å². The van der Waals surface area contributed by atoms with Gasteiger partial charge in [0, 0.05) is 42.0 Å². The summed E-state index contributed by atoms with van der Waals surface area (Å²) in [4.78, 5) is 1.02. The highest BCUT2D eigenvalue weighted by Crippen LogP contribution is 2.23. The van der Waals surface area contributed by atoms with Crippen molar-refractivity contribution >= 4 is 27.5 Å². The van der Waals surface area contributed by atoms with Crippen LogP contribution < -0.4 is 5.73 Å². The van der Waals surface area contributed by atoms with E-state index in [0.717, 1.165) is 4.90 Å². The van der Waals surface area contributed by atoms with Gasteiger partial charge in [0.25, 0.3) is 0 Å². The van der Waals surface area contributed by atoms with Crippen LogP contribution in [0.5, 0.6) is 0 Å². The Morgan fingerprint density at radius 1 is 1.32 bits per heavy atom. The van der Waals surface area contributed by atoms with E-state index in [4.69, 9.17) is 10.8 Å². The lowest BCUT2D eigenvalue weighted by Crippen LogP contribution is -2.52. The van der Waals surface area contributed by atoms with Crippen molar-refractivity contribution in [3.63, 3.8) is 0 Å².